The molecule has 0 aromatic carbocycles. The van der Waals surface area contributed by atoms with E-state index in [1.807, 2.05) is 11.8 Å². The molecule has 1 aromatic heterocycles. The molecule has 2 aliphatic heterocycles. The second-order valence-electron chi connectivity index (χ2n) is 6.43. The second-order valence-corrected chi connectivity index (χ2v) is 8.84. The zero-order valence-electron chi connectivity index (χ0n) is 14.3. The summed E-state index contributed by atoms with van der Waals surface area (Å²) in [6.45, 7) is 0.509. The van der Waals surface area contributed by atoms with Gasteiger partial charge in [-0.25, -0.2) is 4.79 Å². The maximum atomic E-state index is 11.9. The third kappa shape index (κ3) is 4.94. The summed E-state index contributed by atoms with van der Waals surface area (Å²) in [5.41, 5.74) is 0. The van der Waals surface area contributed by atoms with Crippen LogP contribution >= 0.6 is 23.5 Å². The molecule has 0 saturated carbocycles. The van der Waals surface area contributed by atoms with Crippen molar-refractivity contribution >= 4 is 35.5 Å². The topological polar surface area (TPSA) is 126 Å². The maximum Gasteiger partial charge on any atom is 0.315 e. The van der Waals surface area contributed by atoms with E-state index in [9.17, 15) is 19.8 Å². The number of urea groups is 1. The number of carbonyl (C=O) groups excluding carboxylic acids is 2. The quantitative estimate of drug-likeness (QED) is 0.211. The molecular weight excluding hydrogens is 376 g/mol. The van der Waals surface area contributed by atoms with Crippen LogP contribution in [0.2, 0.25) is 0 Å². The lowest BCUT2D eigenvalue weighted by atomic mass is 10.0. The number of aromatic nitrogens is 1. The summed E-state index contributed by atoms with van der Waals surface area (Å²) in [6.07, 6.45) is 3.31. The number of fused-ring (bicyclic) bond motifs is 1. The summed E-state index contributed by atoms with van der Waals surface area (Å²) in [7, 11) is 0. The average Bonchev–Trinajstić information content (AvgIpc) is 3.23. The van der Waals surface area contributed by atoms with Crippen molar-refractivity contribution in [3.05, 3.63) is 6.07 Å². The minimum absolute atomic E-state index is 0.0273. The average molecular weight is 401 g/mol. The minimum atomic E-state index is -0.0752. The summed E-state index contributed by atoms with van der Waals surface area (Å²) >= 11 is 3.26. The van der Waals surface area contributed by atoms with Gasteiger partial charge in [0.1, 0.15) is 0 Å². The van der Waals surface area contributed by atoms with Crippen molar-refractivity contribution in [3.63, 3.8) is 0 Å². The fourth-order valence-electron chi connectivity index (χ4n) is 3.24. The van der Waals surface area contributed by atoms with Crippen LogP contribution < -0.4 is 16.0 Å². The SMILES string of the molecule is O=C(CCCC[C@@H]1SC[C@@H]2NC(=O)N[C@@H]21)NCCSc1cc(O)[nH]c1O. The molecule has 8 nitrogen and oxygen atoms in total. The molecule has 3 amide bonds. The minimum Gasteiger partial charge on any atom is -0.494 e. The van der Waals surface area contributed by atoms with Crippen molar-refractivity contribution < 1.29 is 19.8 Å². The fraction of sp³-hybridized carbons (Fsp3) is 0.625. The Hall–Kier alpha value is -1.68. The lowest BCUT2D eigenvalue weighted by molar-refractivity contribution is -0.121. The van der Waals surface area contributed by atoms with Gasteiger partial charge in [-0.1, -0.05) is 6.42 Å². The molecule has 1 aromatic rings. The smallest absolute Gasteiger partial charge is 0.315 e. The van der Waals surface area contributed by atoms with Crippen LogP contribution in [0.15, 0.2) is 11.0 Å². The van der Waals surface area contributed by atoms with E-state index in [0.29, 0.717) is 28.9 Å². The van der Waals surface area contributed by atoms with E-state index >= 15 is 0 Å². The maximum absolute atomic E-state index is 11.9. The number of H-pyrrole nitrogens is 1. The molecule has 2 fully saturated rings. The van der Waals surface area contributed by atoms with E-state index in [-0.39, 0.29) is 35.8 Å². The van der Waals surface area contributed by atoms with Crippen molar-refractivity contribution in [2.75, 3.05) is 18.1 Å². The van der Waals surface area contributed by atoms with Crippen LogP contribution in [0.4, 0.5) is 4.79 Å². The Morgan fingerprint density at radius 3 is 2.96 bits per heavy atom. The van der Waals surface area contributed by atoms with Crippen LogP contribution in [0.25, 0.3) is 0 Å². The van der Waals surface area contributed by atoms with E-state index < -0.39 is 0 Å². The number of thioether (sulfide) groups is 2. The summed E-state index contributed by atoms with van der Waals surface area (Å²) < 4.78 is 0. The van der Waals surface area contributed by atoms with Crippen molar-refractivity contribution in [2.24, 2.45) is 0 Å². The van der Waals surface area contributed by atoms with Crippen LogP contribution in [0.3, 0.4) is 0 Å². The first-order valence-corrected chi connectivity index (χ1v) is 10.8. The lowest BCUT2D eigenvalue weighted by Crippen LogP contribution is -2.36. The largest absolute Gasteiger partial charge is 0.494 e. The highest BCUT2D eigenvalue weighted by atomic mass is 32.2. The molecule has 2 aliphatic rings. The zero-order chi connectivity index (χ0) is 18.5. The normalized spacial score (nSPS) is 24.2. The first-order chi connectivity index (χ1) is 12.5. The van der Waals surface area contributed by atoms with Crippen LogP contribution in [0, 0.1) is 0 Å². The predicted octanol–water partition coefficient (Wildman–Crippen LogP) is 1.36. The Kier molecular flexibility index (Phi) is 6.47. The number of nitrogens with one attached hydrogen (secondary N) is 4. The van der Waals surface area contributed by atoms with E-state index in [2.05, 4.69) is 20.9 Å². The summed E-state index contributed by atoms with van der Waals surface area (Å²) in [5, 5.41) is 27.9. The van der Waals surface area contributed by atoms with Gasteiger partial charge in [-0.15, -0.1) is 11.8 Å². The van der Waals surface area contributed by atoms with Crippen molar-refractivity contribution in [3.8, 4) is 11.8 Å². The number of carbonyl (C=O) groups is 2. The number of hydrogen-bond acceptors (Lipinski definition) is 6. The number of aromatic amines is 1. The van der Waals surface area contributed by atoms with Gasteiger partial charge in [-0.05, 0) is 12.8 Å². The standard InChI is InChI=1S/C16H24N4O4S2/c21-12(17-5-6-25-11-7-13(22)19-15(11)23)4-2-1-3-10-14-9(8-26-10)18-16(24)20-14/h7,9-10,14,19,22-23H,1-6,8H2,(H,17,21)(H2,18,20,24)/t9-,10-,14-/m0/s1. The molecule has 144 valence electrons. The Morgan fingerprint density at radius 1 is 1.35 bits per heavy atom. The molecule has 2 saturated heterocycles. The lowest BCUT2D eigenvalue weighted by Gasteiger charge is -2.16. The molecule has 10 heteroatoms. The Labute approximate surface area is 160 Å². The molecule has 3 atom stereocenters. The van der Waals surface area contributed by atoms with E-state index in [1.54, 1.807) is 0 Å². The monoisotopic (exact) mass is 400 g/mol. The van der Waals surface area contributed by atoms with Crippen molar-refractivity contribution in [1.29, 1.82) is 0 Å². The first-order valence-electron chi connectivity index (χ1n) is 8.72. The van der Waals surface area contributed by atoms with Gasteiger partial charge in [0.25, 0.3) is 0 Å². The molecule has 3 heterocycles. The molecule has 6 N–H and O–H groups in total. The highest BCUT2D eigenvalue weighted by Gasteiger charge is 2.42. The molecule has 3 rings (SSSR count). The van der Waals surface area contributed by atoms with Crippen LogP contribution in [0.5, 0.6) is 11.8 Å². The zero-order valence-corrected chi connectivity index (χ0v) is 15.9. The Balaban J connectivity index is 1.23. The molecule has 0 unspecified atom stereocenters. The van der Waals surface area contributed by atoms with Gasteiger partial charge < -0.3 is 26.2 Å². The van der Waals surface area contributed by atoms with E-state index in [4.69, 9.17) is 0 Å². The number of aromatic hydroxyl groups is 2. The first kappa shape index (κ1) is 19.1. The molecule has 0 bridgehead atoms. The van der Waals surface area contributed by atoms with Gasteiger partial charge >= 0.3 is 6.03 Å². The molecule has 0 radical (unpaired) electrons. The van der Waals surface area contributed by atoms with Gasteiger partial charge in [-0.3, -0.25) is 9.78 Å². The summed E-state index contributed by atoms with van der Waals surface area (Å²) in [4.78, 5) is 26.2. The summed E-state index contributed by atoms with van der Waals surface area (Å²) in [5.74, 6) is 1.47. The van der Waals surface area contributed by atoms with Gasteiger partial charge in [0.05, 0.1) is 17.0 Å². The molecular formula is C16H24N4O4S2. The van der Waals surface area contributed by atoms with Gasteiger partial charge in [0.15, 0.2) is 5.88 Å². The highest BCUT2D eigenvalue weighted by molar-refractivity contribution is 8.00. The molecule has 0 aliphatic carbocycles. The van der Waals surface area contributed by atoms with E-state index in [0.717, 1.165) is 25.0 Å². The third-order valence-electron chi connectivity index (χ3n) is 4.51. The molecule has 0 spiro atoms. The second kappa shape index (κ2) is 8.81. The van der Waals surface area contributed by atoms with Crippen LogP contribution in [-0.2, 0) is 4.79 Å². The molecule has 26 heavy (non-hydrogen) atoms. The van der Waals surface area contributed by atoms with Crippen molar-refractivity contribution in [2.45, 2.75) is 47.9 Å². The highest BCUT2D eigenvalue weighted by Crippen LogP contribution is 2.33. The van der Waals surface area contributed by atoms with Gasteiger partial charge in [-0.2, -0.15) is 11.8 Å². The van der Waals surface area contributed by atoms with Gasteiger partial charge in [0, 0.05) is 35.8 Å². The van der Waals surface area contributed by atoms with Crippen LogP contribution in [-0.4, -0.2) is 62.5 Å². The number of hydrogen-bond donors (Lipinski definition) is 6. The van der Waals surface area contributed by atoms with Crippen LogP contribution in [0.1, 0.15) is 25.7 Å². The van der Waals surface area contributed by atoms with Gasteiger partial charge in [0.2, 0.25) is 11.8 Å². The third-order valence-corrected chi connectivity index (χ3v) is 7.05. The van der Waals surface area contributed by atoms with Crippen molar-refractivity contribution in [1.82, 2.24) is 20.9 Å². The summed E-state index contributed by atoms with van der Waals surface area (Å²) in [6, 6.07) is 1.86. The Morgan fingerprint density at radius 2 is 2.19 bits per heavy atom. The Bertz CT molecular complexity index is 654. The number of amides is 3. The fourth-order valence-corrected chi connectivity index (χ4v) is 5.59. The number of rotatable bonds is 9. The predicted molar refractivity (Wildman–Crippen MR) is 102 cm³/mol. The van der Waals surface area contributed by atoms with E-state index in [1.165, 1.54) is 17.8 Å². The number of unbranched alkanes of at least 4 members (excludes halogenated alkanes) is 1.